The van der Waals surface area contributed by atoms with Crippen LogP contribution in [0.1, 0.15) is 16.2 Å². The highest BCUT2D eigenvalue weighted by atomic mass is 19.1. The Balaban J connectivity index is 2.47. The number of benzene rings is 1. The fourth-order valence-electron chi connectivity index (χ4n) is 1.70. The van der Waals surface area contributed by atoms with E-state index in [1.165, 1.54) is 0 Å². The Bertz CT molecular complexity index is 857. The normalized spacial score (nSPS) is 10.8. The smallest absolute Gasteiger partial charge is 0.343 e. The lowest BCUT2D eigenvalue weighted by molar-refractivity contribution is -0.387. The molecule has 0 spiro atoms. The van der Waals surface area contributed by atoms with Gasteiger partial charge in [-0.25, -0.2) is 4.79 Å². The first-order chi connectivity index (χ1) is 11.5. The van der Waals surface area contributed by atoms with Crippen molar-refractivity contribution in [3.8, 4) is 6.07 Å². The number of aromatic nitrogens is 4. The maximum Gasteiger partial charge on any atom is 0.343 e. The third-order valence-electron chi connectivity index (χ3n) is 2.79. The number of nitrogens with zero attached hydrogens (tertiary/aromatic N) is 5. The van der Waals surface area contributed by atoms with Gasteiger partial charge >= 0.3 is 11.7 Å². The standard InChI is InChI=1S/C12H8FN7O4/c1-24-12(21)9-7(2-3-8(10(9)13)20(22)23)15-5-6(4-14)11-16-18-19-17-11/h2-3,5,15H,1H3,(H,16,17,18,19). The maximum atomic E-state index is 14.2. The Kier molecular flexibility index (Phi) is 4.75. The maximum absolute atomic E-state index is 14.2. The van der Waals surface area contributed by atoms with Crippen LogP contribution in [-0.2, 0) is 4.74 Å². The predicted molar refractivity (Wildman–Crippen MR) is 75.8 cm³/mol. The number of hydrogen-bond acceptors (Lipinski definition) is 9. The summed E-state index contributed by atoms with van der Waals surface area (Å²) in [7, 11) is 1.00. The molecule has 1 aromatic carbocycles. The first kappa shape index (κ1) is 16.5. The number of hydrogen-bond donors (Lipinski definition) is 2. The number of nitriles is 1. The first-order valence-corrected chi connectivity index (χ1v) is 6.15. The Morgan fingerprint density at radius 1 is 1.58 bits per heavy atom. The summed E-state index contributed by atoms with van der Waals surface area (Å²) < 4.78 is 18.6. The summed E-state index contributed by atoms with van der Waals surface area (Å²) in [4.78, 5) is 21.5. The van der Waals surface area contributed by atoms with Crippen molar-refractivity contribution in [1.29, 1.82) is 5.26 Å². The van der Waals surface area contributed by atoms with Crippen molar-refractivity contribution in [2.75, 3.05) is 12.4 Å². The van der Waals surface area contributed by atoms with Gasteiger partial charge in [-0.15, -0.1) is 10.2 Å². The molecule has 0 aliphatic heterocycles. The van der Waals surface area contributed by atoms with Gasteiger partial charge in [-0.05, 0) is 11.3 Å². The molecule has 0 radical (unpaired) electrons. The van der Waals surface area contributed by atoms with E-state index in [-0.39, 0.29) is 17.1 Å². The van der Waals surface area contributed by atoms with E-state index in [1.54, 1.807) is 6.07 Å². The van der Waals surface area contributed by atoms with Gasteiger partial charge in [0.15, 0.2) is 0 Å². The monoisotopic (exact) mass is 333 g/mol. The molecule has 122 valence electrons. The summed E-state index contributed by atoms with van der Waals surface area (Å²) in [6.07, 6.45) is 1.10. The number of anilines is 1. The number of methoxy groups -OCH3 is 1. The van der Waals surface area contributed by atoms with Crippen molar-refractivity contribution >= 4 is 22.9 Å². The SMILES string of the molecule is COC(=O)c1c(NC=C(C#N)c2nn[nH]n2)ccc([N+](=O)[O-])c1F. The summed E-state index contributed by atoms with van der Waals surface area (Å²) in [6, 6.07) is 3.76. The summed E-state index contributed by atoms with van der Waals surface area (Å²) >= 11 is 0. The molecule has 0 fully saturated rings. The predicted octanol–water partition coefficient (Wildman–Crippen LogP) is 1.01. The number of aromatic amines is 1. The van der Waals surface area contributed by atoms with Gasteiger partial charge in [0.1, 0.15) is 17.2 Å². The van der Waals surface area contributed by atoms with Gasteiger partial charge in [0.2, 0.25) is 11.6 Å². The molecule has 0 aliphatic carbocycles. The molecule has 0 amide bonds. The number of halogens is 1. The highest BCUT2D eigenvalue weighted by Gasteiger charge is 2.26. The number of ether oxygens (including phenoxy) is 1. The lowest BCUT2D eigenvalue weighted by atomic mass is 10.1. The molecule has 0 aliphatic rings. The second-order valence-electron chi connectivity index (χ2n) is 4.12. The molecule has 1 aromatic heterocycles. The van der Waals surface area contributed by atoms with Crippen LogP contribution in [-0.4, -0.2) is 38.6 Å². The van der Waals surface area contributed by atoms with Crippen LogP contribution in [0.5, 0.6) is 0 Å². The molecule has 0 atom stereocenters. The lowest BCUT2D eigenvalue weighted by Crippen LogP contribution is -2.10. The Morgan fingerprint density at radius 2 is 2.33 bits per heavy atom. The van der Waals surface area contributed by atoms with Crippen molar-refractivity contribution in [3.63, 3.8) is 0 Å². The highest BCUT2D eigenvalue weighted by Crippen LogP contribution is 2.28. The minimum Gasteiger partial charge on any atom is -0.465 e. The average Bonchev–Trinajstić information content (AvgIpc) is 3.09. The molecule has 2 aromatic rings. The third-order valence-corrected chi connectivity index (χ3v) is 2.79. The van der Waals surface area contributed by atoms with Crippen LogP contribution in [0.25, 0.3) is 5.57 Å². The van der Waals surface area contributed by atoms with E-state index >= 15 is 0 Å². The van der Waals surface area contributed by atoms with Gasteiger partial charge in [0, 0.05) is 12.3 Å². The molecular formula is C12H8FN7O4. The van der Waals surface area contributed by atoms with E-state index < -0.39 is 28.0 Å². The summed E-state index contributed by atoms with van der Waals surface area (Å²) in [6.45, 7) is 0. The number of carbonyl (C=O) groups excluding carboxylic acids is 1. The van der Waals surface area contributed by atoms with Crippen LogP contribution in [0.2, 0.25) is 0 Å². The average molecular weight is 333 g/mol. The number of nitrogens with one attached hydrogen (secondary N) is 2. The zero-order valence-electron chi connectivity index (χ0n) is 12.0. The third kappa shape index (κ3) is 3.14. The molecule has 1 heterocycles. The number of carbonyl (C=O) groups is 1. The van der Waals surface area contributed by atoms with Crippen LogP contribution in [0.15, 0.2) is 18.3 Å². The van der Waals surface area contributed by atoms with Crippen LogP contribution in [0.4, 0.5) is 15.8 Å². The summed E-state index contributed by atoms with van der Waals surface area (Å²) in [5, 5.41) is 34.9. The Labute approximate surface area is 132 Å². The second kappa shape index (κ2) is 6.92. The summed E-state index contributed by atoms with van der Waals surface area (Å²) in [5.41, 5.74) is -1.77. The van der Waals surface area contributed by atoms with Gasteiger partial charge in [-0.2, -0.15) is 14.9 Å². The van der Waals surface area contributed by atoms with E-state index in [4.69, 9.17) is 5.26 Å². The molecule has 12 heteroatoms. The van der Waals surface area contributed by atoms with Crippen LogP contribution in [0, 0.1) is 27.3 Å². The van der Waals surface area contributed by atoms with Crippen molar-refractivity contribution in [3.05, 3.63) is 45.7 Å². The minimum absolute atomic E-state index is 0.0352. The van der Waals surface area contributed by atoms with Crippen LogP contribution < -0.4 is 5.32 Å². The number of nitro groups is 1. The molecule has 24 heavy (non-hydrogen) atoms. The fourth-order valence-corrected chi connectivity index (χ4v) is 1.70. The van der Waals surface area contributed by atoms with E-state index in [2.05, 4.69) is 30.7 Å². The Hall–Kier alpha value is -3.88. The van der Waals surface area contributed by atoms with E-state index in [1.807, 2.05) is 0 Å². The van der Waals surface area contributed by atoms with Crippen LogP contribution in [0.3, 0.4) is 0 Å². The molecule has 2 N–H and O–H groups in total. The number of tetrazole rings is 1. The molecule has 2 rings (SSSR count). The highest BCUT2D eigenvalue weighted by molar-refractivity contribution is 5.97. The lowest BCUT2D eigenvalue weighted by Gasteiger charge is -2.09. The van der Waals surface area contributed by atoms with Crippen molar-refractivity contribution < 1.29 is 18.8 Å². The van der Waals surface area contributed by atoms with Gasteiger partial charge in [-0.3, -0.25) is 10.1 Å². The Morgan fingerprint density at radius 3 is 2.88 bits per heavy atom. The van der Waals surface area contributed by atoms with Crippen molar-refractivity contribution in [2.24, 2.45) is 0 Å². The quantitative estimate of drug-likeness (QED) is 0.352. The molecular weight excluding hydrogens is 325 g/mol. The molecule has 0 bridgehead atoms. The largest absolute Gasteiger partial charge is 0.465 e. The van der Waals surface area contributed by atoms with Gasteiger partial charge in [-0.1, -0.05) is 0 Å². The van der Waals surface area contributed by atoms with Gasteiger partial charge in [0.05, 0.1) is 17.7 Å². The number of rotatable bonds is 5. The molecule has 0 unspecified atom stereocenters. The number of H-pyrrole nitrogens is 1. The van der Waals surface area contributed by atoms with Crippen molar-refractivity contribution in [2.45, 2.75) is 0 Å². The second-order valence-corrected chi connectivity index (χ2v) is 4.12. The zero-order chi connectivity index (χ0) is 17.7. The van der Waals surface area contributed by atoms with E-state index in [9.17, 15) is 19.3 Å². The van der Waals surface area contributed by atoms with E-state index in [0.29, 0.717) is 0 Å². The zero-order valence-corrected chi connectivity index (χ0v) is 12.0. The molecule has 0 saturated carbocycles. The fraction of sp³-hybridized carbons (Fsp3) is 0.0833. The molecule has 0 saturated heterocycles. The summed E-state index contributed by atoms with van der Waals surface area (Å²) in [5.74, 6) is -2.51. The van der Waals surface area contributed by atoms with Gasteiger partial charge in [0.25, 0.3) is 0 Å². The number of esters is 1. The first-order valence-electron chi connectivity index (χ1n) is 6.15. The minimum atomic E-state index is -1.36. The number of allylic oxidation sites excluding steroid dienone is 1. The number of nitro benzene ring substituents is 1. The van der Waals surface area contributed by atoms with Crippen molar-refractivity contribution in [1.82, 2.24) is 20.6 Å². The molecule has 11 nitrogen and oxygen atoms in total. The van der Waals surface area contributed by atoms with Crippen LogP contribution >= 0.6 is 0 Å². The van der Waals surface area contributed by atoms with E-state index in [0.717, 1.165) is 25.4 Å². The van der Waals surface area contributed by atoms with Gasteiger partial charge < -0.3 is 10.1 Å². The topological polar surface area (TPSA) is 160 Å².